The molecule has 2 heterocycles. The van der Waals surface area contributed by atoms with Crippen molar-refractivity contribution in [2.24, 2.45) is 0 Å². The number of hydrogen-bond donors (Lipinski definition) is 1. The monoisotopic (exact) mass is 367 g/mol. The number of furan rings is 1. The van der Waals surface area contributed by atoms with Gasteiger partial charge in [0, 0.05) is 17.3 Å². The first-order valence-electron chi connectivity index (χ1n) is 9.92. The van der Waals surface area contributed by atoms with Crippen LogP contribution < -0.4 is 5.32 Å². The Balaban J connectivity index is 1.61. The first-order chi connectivity index (χ1) is 13.1. The normalized spacial score (nSPS) is 11.6. The van der Waals surface area contributed by atoms with Crippen LogP contribution in [-0.2, 0) is 0 Å². The minimum Gasteiger partial charge on any atom is -0.433 e. The van der Waals surface area contributed by atoms with E-state index in [0.29, 0.717) is 18.0 Å². The summed E-state index contributed by atoms with van der Waals surface area (Å²) >= 11 is 0. The summed E-state index contributed by atoms with van der Waals surface area (Å²) in [5.41, 5.74) is 2.55. The Morgan fingerprint density at radius 3 is 2.59 bits per heavy atom. The first-order valence-corrected chi connectivity index (χ1v) is 9.92. The van der Waals surface area contributed by atoms with Crippen molar-refractivity contribution < 1.29 is 9.21 Å². The third-order valence-electron chi connectivity index (χ3n) is 4.70. The highest BCUT2D eigenvalue weighted by molar-refractivity contribution is 5.98. The Morgan fingerprint density at radius 2 is 1.85 bits per heavy atom. The van der Waals surface area contributed by atoms with Crippen LogP contribution >= 0.6 is 0 Å². The molecule has 1 amide bonds. The van der Waals surface area contributed by atoms with Gasteiger partial charge in [0.15, 0.2) is 5.76 Å². The molecule has 3 aromatic rings. The largest absolute Gasteiger partial charge is 0.433 e. The van der Waals surface area contributed by atoms with E-state index < -0.39 is 0 Å². The number of fused-ring (bicyclic) bond motifs is 2. The summed E-state index contributed by atoms with van der Waals surface area (Å²) in [6, 6.07) is 9.92. The molecule has 1 aromatic carbocycles. The van der Waals surface area contributed by atoms with E-state index in [1.54, 1.807) is 6.07 Å². The van der Waals surface area contributed by atoms with Gasteiger partial charge in [0.05, 0.1) is 5.52 Å². The van der Waals surface area contributed by atoms with Crippen LogP contribution in [0.5, 0.6) is 0 Å². The van der Waals surface area contributed by atoms with Crippen LogP contribution in [0.4, 0.5) is 0 Å². The molecule has 0 saturated heterocycles. The van der Waals surface area contributed by atoms with E-state index in [2.05, 4.69) is 35.1 Å². The van der Waals surface area contributed by atoms with Gasteiger partial charge in [-0.3, -0.25) is 4.79 Å². The van der Waals surface area contributed by atoms with Crippen molar-refractivity contribution in [3.63, 3.8) is 0 Å². The van der Waals surface area contributed by atoms with Gasteiger partial charge in [-0.15, -0.1) is 0 Å². The molecule has 2 aromatic heterocycles. The molecular weight excluding hydrogens is 338 g/mol. The number of carbonyl (C=O) groups excluding carboxylic acids is 1. The number of benzene rings is 1. The highest BCUT2D eigenvalue weighted by Gasteiger charge is 2.13. The standard InChI is InChI=1S/C22H29N3O2/c1-4-10-25(11-5-2)12-6-9-23-21(26)20-15-18-14-17-8-7-16(3)13-19(17)24-22(18)27-20/h7-8,13-15H,4-6,9-12H2,1-3H3,(H,23,26). The number of pyridine rings is 1. The van der Waals surface area contributed by atoms with Gasteiger partial charge in [-0.1, -0.05) is 26.0 Å². The summed E-state index contributed by atoms with van der Waals surface area (Å²) < 4.78 is 5.70. The first kappa shape index (κ1) is 19.4. The maximum absolute atomic E-state index is 12.4. The summed E-state index contributed by atoms with van der Waals surface area (Å²) in [4.78, 5) is 19.4. The maximum Gasteiger partial charge on any atom is 0.287 e. The van der Waals surface area contributed by atoms with Gasteiger partial charge in [-0.2, -0.15) is 0 Å². The van der Waals surface area contributed by atoms with Crippen LogP contribution in [0.1, 0.15) is 49.2 Å². The number of nitrogens with zero attached hydrogens (tertiary/aromatic N) is 2. The summed E-state index contributed by atoms with van der Waals surface area (Å²) in [6.45, 7) is 10.3. The van der Waals surface area contributed by atoms with Crippen molar-refractivity contribution in [2.75, 3.05) is 26.2 Å². The van der Waals surface area contributed by atoms with E-state index in [9.17, 15) is 4.79 Å². The van der Waals surface area contributed by atoms with Crippen LogP contribution in [0.3, 0.4) is 0 Å². The number of aryl methyl sites for hydroxylation is 1. The lowest BCUT2D eigenvalue weighted by Gasteiger charge is -2.20. The zero-order valence-electron chi connectivity index (χ0n) is 16.5. The fourth-order valence-electron chi connectivity index (χ4n) is 3.41. The van der Waals surface area contributed by atoms with Gasteiger partial charge in [0.2, 0.25) is 5.71 Å². The van der Waals surface area contributed by atoms with Crippen LogP contribution in [0.15, 0.2) is 34.7 Å². The van der Waals surface area contributed by atoms with Crippen molar-refractivity contribution in [1.82, 2.24) is 15.2 Å². The summed E-state index contributed by atoms with van der Waals surface area (Å²) in [5.74, 6) is 0.147. The zero-order valence-corrected chi connectivity index (χ0v) is 16.5. The van der Waals surface area contributed by atoms with Gasteiger partial charge in [-0.05, 0) is 69.6 Å². The molecule has 0 aliphatic heterocycles. The molecule has 0 fully saturated rings. The highest BCUT2D eigenvalue weighted by Crippen LogP contribution is 2.23. The molecule has 0 spiro atoms. The second kappa shape index (κ2) is 9.00. The Bertz CT molecular complexity index is 910. The van der Waals surface area contributed by atoms with Crippen LogP contribution in [0.25, 0.3) is 22.0 Å². The zero-order chi connectivity index (χ0) is 19.2. The highest BCUT2D eigenvalue weighted by atomic mass is 16.4. The Labute approximate surface area is 160 Å². The number of rotatable bonds is 9. The molecular formula is C22H29N3O2. The van der Waals surface area contributed by atoms with E-state index in [4.69, 9.17) is 4.42 Å². The molecule has 0 aliphatic carbocycles. The minimum atomic E-state index is -0.175. The quantitative estimate of drug-likeness (QED) is 0.565. The van der Waals surface area contributed by atoms with Gasteiger partial charge in [0.1, 0.15) is 0 Å². The number of nitrogens with one attached hydrogen (secondary N) is 1. The molecule has 0 unspecified atom stereocenters. The van der Waals surface area contributed by atoms with E-state index in [-0.39, 0.29) is 5.91 Å². The molecule has 0 aliphatic rings. The van der Waals surface area contributed by atoms with E-state index in [0.717, 1.165) is 60.7 Å². The lowest BCUT2D eigenvalue weighted by molar-refractivity contribution is 0.0925. The second-order valence-corrected chi connectivity index (χ2v) is 7.14. The third-order valence-corrected chi connectivity index (χ3v) is 4.70. The fourth-order valence-corrected chi connectivity index (χ4v) is 3.41. The average Bonchev–Trinajstić information content (AvgIpc) is 3.06. The molecule has 0 atom stereocenters. The second-order valence-electron chi connectivity index (χ2n) is 7.14. The number of hydrogen-bond acceptors (Lipinski definition) is 4. The predicted molar refractivity (Wildman–Crippen MR) is 110 cm³/mol. The van der Waals surface area contributed by atoms with Crippen LogP contribution in [-0.4, -0.2) is 42.0 Å². The van der Waals surface area contributed by atoms with Crippen molar-refractivity contribution in [1.29, 1.82) is 0 Å². The van der Waals surface area contributed by atoms with Crippen molar-refractivity contribution in [2.45, 2.75) is 40.0 Å². The lowest BCUT2D eigenvalue weighted by Crippen LogP contribution is -2.30. The lowest BCUT2D eigenvalue weighted by atomic mass is 10.1. The Hall–Kier alpha value is -2.40. The molecule has 0 saturated carbocycles. The molecule has 27 heavy (non-hydrogen) atoms. The summed E-state index contributed by atoms with van der Waals surface area (Å²) in [7, 11) is 0. The van der Waals surface area contributed by atoms with Gasteiger partial charge in [-0.25, -0.2) is 4.98 Å². The predicted octanol–water partition coefficient (Wildman–Crippen LogP) is 4.53. The summed E-state index contributed by atoms with van der Waals surface area (Å²) in [5, 5.41) is 4.87. The van der Waals surface area contributed by atoms with Crippen molar-refractivity contribution in [3.05, 3.63) is 41.7 Å². The molecule has 5 nitrogen and oxygen atoms in total. The SMILES string of the molecule is CCCN(CCC)CCCNC(=O)c1cc2cc3ccc(C)cc3nc2o1. The molecule has 0 bridgehead atoms. The van der Waals surface area contributed by atoms with Gasteiger partial charge in [0.25, 0.3) is 5.91 Å². The number of amides is 1. The Morgan fingerprint density at radius 1 is 1.07 bits per heavy atom. The summed E-state index contributed by atoms with van der Waals surface area (Å²) in [6.07, 6.45) is 3.26. The van der Waals surface area contributed by atoms with E-state index in [1.165, 1.54) is 0 Å². The van der Waals surface area contributed by atoms with Crippen LogP contribution in [0, 0.1) is 6.92 Å². The molecule has 3 rings (SSSR count). The average molecular weight is 367 g/mol. The van der Waals surface area contributed by atoms with Gasteiger partial charge < -0.3 is 14.6 Å². The number of carbonyl (C=O) groups is 1. The topological polar surface area (TPSA) is 58.4 Å². The molecule has 1 N–H and O–H groups in total. The third kappa shape index (κ3) is 4.86. The van der Waals surface area contributed by atoms with E-state index >= 15 is 0 Å². The Kier molecular flexibility index (Phi) is 6.45. The number of aromatic nitrogens is 1. The van der Waals surface area contributed by atoms with Crippen molar-refractivity contribution >= 4 is 27.9 Å². The smallest absolute Gasteiger partial charge is 0.287 e. The minimum absolute atomic E-state index is 0.175. The molecule has 0 radical (unpaired) electrons. The maximum atomic E-state index is 12.4. The fraction of sp³-hybridized carbons (Fsp3) is 0.455. The molecule has 5 heteroatoms. The molecule has 144 valence electrons. The van der Waals surface area contributed by atoms with Gasteiger partial charge >= 0.3 is 0 Å². The van der Waals surface area contributed by atoms with Crippen molar-refractivity contribution in [3.8, 4) is 0 Å². The van der Waals surface area contributed by atoms with E-state index in [1.807, 2.05) is 25.1 Å². The van der Waals surface area contributed by atoms with Crippen LogP contribution in [0.2, 0.25) is 0 Å².